The second-order valence-corrected chi connectivity index (χ2v) is 10.4. The molecule has 0 aromatic heterocycles. The Morgan fingerprint density at radius 3 is 2.31 bits per heavy atom. The molecule has 32 heavy (non-hydrogen) atoms. The van der Waals surface area contributed by atoms with E-state index in [9.17, 15) is 9.59 Å². The van der Waals surface area contributed by atoms with Gasteiger partial charge in [0.15, 0.2) is 0 Å². The molecule has 0 spiro atoms. The first-order valence-corrected chi connectivity index (χ1v) is 11.6. The molecular weight excluding hydrogens is 468 g/mol. The van der Waals surface area contributed by atoms with Crippen molar-refractivity contribution in [1.82, 2.24) is 9.80 Å². The Bertz CT molecular complexity index is 894. The standard InChI is InChI=1S/C26H35BrN2O3/c1-19-14-22(27)13-12-21(19)15-23(17-30)29(25(28(5)6)26(2,3)4)16-24(31)32-18-20-10-8-7-9-11-20/h7-14,17,23,25H,15-16,18H2,1-6H3/t23-,25?/m0/s1. The first kappa shape index (κ1) is 26.2. The molecule has 2 aromatic rings. The summed E-state index contributed by atoms with van der Waals surface area (Å²) >= 11 is 3.50. The number of carbonyl (C=O) groups is 2. The third-order valence-corrected chi connectivity index (χ3v) is 5.94. The molecule has 0 fully saturated rings. The summed E-state index contributed by atoms with van der Waals surface area (Å²) in [6.45, 7) is 8.64. The van der Waals surface area contributed by atoms with Crippen molar-refractivity contribution < 1.29 is 14.3 Å². The number of halogens is 1. The highest BCUT2D eigenvalue weighted by atomic mass is 79.9. The van der Waals surface area contributed by atoms with Gasteiger partial charge in [0.2, 0.25) is 0 Å². The summed E-state index contributed by atoms with van der Waals surface area (Å²) in [6.07, 6.45) is 1.33. The van der Waals surface area contributed by atoms with Crippen LogP contribution in [0.5, 0.6) is 0 Å². The Labute approximate surface area is 200 Å². The third-order valence-electron chi connectivity index (χ3n) is 5.45. The highest BCUT2D eigenvalue weighted by Crippen LogP contribution is 2.29. The van der Waals surface area contributed by atoms with Crippen LogP contribution in [0, 0.1) is 12.3 Å². The van der Waals surface area contributed by atoms with Gasteiger partial charge < -0.3 is 9.53 Å². The first-order valence-electron chi connectivity index (χ1n) is 10.8. The summed E-state index contributed by atoms with van der Waals surface area (Å²) in [7, 11) is 3.95. The lowest BCUT2D eigenvalue weighted by molar-refractivity contribution is -0.151. The van der Waals surface area contributed by atoms with Crippen LogP contribution in [0.3, 0.4) is 0 Å². The van der Waals surface area contributed by atoms with Crippen molar-refractivity contribution in [3.05, 3.63) is 69.7 Å². The Hall–Kier alpha value is -2.02. The van der Waals surface area contributed by atoms with E-state index in [4.69, 9.17) is 4.74 Å². The number of aldehydes is 1. The lowest BCUT2D eigenvalue weighted by Gasteiger charge is -2.46. The molecule has 0 radical (unpaired) electrons. The number of nitrogens with zero attached hydrogens (tertiary/aromatic N) is 2. The van der Waals surface area contributed by atoms with Crippen LogP contribution in [-0.4, -0.2) is 54.9 Å². The Morgan fingerprint density at radius 1 is 1.12 bits per heavy atom. The van der Waals surface area contributed by atoms with E-state index >= 15 is 0 Å². The van der Waals surface area contributed by atoms with E-state index in [1.807, 2.05) is 74.4 Å². The Balaban J connectivity index is 2.28. The van der Waals surface area contributed by atoms with Gasteiger partial charge in [-0.25, -0.2) is 0 Å². The predicted molar refractivity (Wildman–Crippen MR) is 132 cm³/mol. The molecule has 0 saturated carbocycles. The van der Waals surface area contributed by atoms with Crippen LogP contribution in [0.1, 0.15) is 37.5 Å². The number of aryl methyl sites for hydroxylation is 1. The maximum Gasteiger partial charge on any atom is 0.320 e. The van der Waals surface area contributed by atoms with Crippen LogP contribution in [0.15, 0.2) is 53.0 Å². The quantitative estimate of drug-likeness (QED) is 0.264. The van der Waals surface area contributed by atoms with Gasteiger partial charge in [0.1, 0.15) is 12.9 Å². The number of rotatable bonds is 10. The molecule has 2 aromatic carbocycles. The Kier molecular flexibility index (Phi) is 9.62. The number of hydrogen-bond donors (Lipinski definition) is 0. The van der Waals surface area contributed by atoms with Crippen LogP contribution in [0.2, 0.25) is 0 Å². The van der Waals surface area contributed by atoms with Crippen molar-refractivity contribution in [3.63, 3.8) is 0 Å². The number of esters is 1. The fourth-order valence-corrected chi connectivity index (χ4v) is 4.72. The molecule has 174 valence electrons. The second-order valence-electron chi connectivity index (χ2n) is 9.50. The number of benzene rings is 2. The highest BCUT2D eigenvalue weighted by molar-refractivity contribution is 9.10. The molecule has 0 aliphatic heterocycles. The molecule has 0 aliphatic rings. The fourth-order valence-electron chi connectivity index (χ4n) is 4.24. The molecule has 0 amide bonds. The van der Waals surface area contributed by atoms with Gasteiger partial charge in [0.25, 0.3) is 0 Å². The van der Waals surface area contributed by atoms with Crippen LogP contribution in [-0.2, 0) is 27.4 Å². The summed E-state index contributed by atoms with van der Waals surface area (Å²) in [5.41, 5.74) is 2.93. The van der Waals surface area contributed by atoms with Gasteiger partial charge in [-0.3, -0.25) is 14.6 Å². The fraction of sp³-hybridized carbons (Fsp3) is 0.462. The molecule has 0 N–H and O–H groups in total. The average molecular weight is 503 g/mol. The number of ether oxygens (including phenoxy) is 1. The predicted octanol–water partition coefficient (Wildman–Crippen LogP) is 4.85. The molecule has 5 nitrogen and oxygen atoms in total. The monoisotopic (exact) mass is 502 g/mol. The normalized spacial score (nSPS) is 13.8. The molecular formula is C26H35BrN2O3. The van der Waals surface area contributed by atoms with Gasteiger partial charge >= 0.3 is 5.97 Å². The highest BCUT2D eigenvalue weighted by Gasteiger charge is 2.37. The summed E-state index contributed by atoms with van der Waals surface area (Å²) in [4.78, 5) is 29.2. The zero-order valence-corrected chi connectivity index (χ0v) is 21.6. The van der Waals surface area contributed by atoms with E-state index < -0.39 is 6.04 Å². The molecule has 0 aliphatic carbocycles. The molecule has 0 saturated heterocycles. The second kappa shape index (κ2) is 11.7. The van der Waals surface area contributed by atoms with Gasteiger partial charge in [-0.2, -0.15) is 0 Å². The summed E-state index contributed by atoms with van der Waals surface area (Å²) < 4.78 is 6.57. The zero-order chi connectivity index (χ0) is 23.9. The minimum absolute atomic E-state index is 0.0337. The molecule has 0 heterocycles. The average Bonchev–Trinajstić information content (AvgIpc) is 2.71. The minimum atomic E-state index is -0.467. The van der Waals surface area contributed by atoms with E-state index in [1.165, 1.54) is 0 Å². The molecule has 2 rings (SSSR count). The maximum absolute atomic E-state index is 12.9. The first-order chi connectivity index (χ1) is 15.0. The van der Waals surface area contributed by atoms with Crippen molar-refractivity contribution in [2.75, 3.05) is 20.6 Å². The van der Waals surface area contributed by atoms with Crippen LogP contribution in [0.4, 0.5) is 0 Å². The van der Waals surface area contributed by atoms with Gasteiger partial charge in [0.05, 0.1) is 18.8 Å². The van der Waals surface area contributed by atoms with Crippen LogP contribution < -0.4 is 0 Å². The summed E-state index contributed by atoms with van der Waals surface area (Å²) in [5, 5.41) is 0. The summed E-state index contributed by atoms with van der Waals surface area (Å²) in [5.74, 6) is -0.343. The van der Waals surface area contributed by atoms with Crippen molar-refractivity contribution in [3.8, 4) is 0 Å². The van der Waals surface area contributed by atoms with Gasteiger partial charge in [0, 0.05) is 4.47 Å². The third kappa shape index (κ3) is 7.54. The van der Waals surface area contributed by atoms with Crippen molar-refractivity contribution >= 4 is 28.2 Å². The van der Waals surface area contributed by atoms with Gasteiger partial charge in [-0.05, 0) is 61.7 Å². The lowest BCUT2D eigenvalue weighted by Crippen LogP contribution is -2.58. The van der Waals surface area contributed by atoms with Crippen molar-refractivity contribution in [2.45, 2.75) is 52.9 Å². The SMILES string of the molecule is Cc1cc(Br)ccc1C[C@@H](C=O)N(CC(=O)OCc1ccccc1)C(N(C)C)C(C)(C)C. The van der Waals surface area contributed by atoms with Gasteiger partial charge in [-0.1, -0.05) is 73.1 Å². The topological polar surface area (TPSA) is 49.9 Å². The van der Waals surface area contributed by atoms with Crippen LogP contribution >= 0.6 is 15.9 Å². The van der Waals surface area contributed by atoms with Gasteiger partial charge in [-0.15, -0.1) is 0 Å². The molecule has 2 atom stereocenters. The van der Waals surface area contributed by atoms with E-state index in [-0.39, 0.29) is 30.7 Å². The van der Waals surface area contributed by atoms with Crippen molar-refractivity contribution in [2.24, 2.45) is 5.41 Å². The number of carbonyl (C=O) groups excluding carboxylic acids is 2. The van der Waals surface area contributed by atoms with E-state index in [0.29, 0.717) is 6.42 Å². The van der Waals surface area contributed by atoms with E-state index in [0.717, 1.165) is 27.4 Å². The van der Waals surface area contributed by atoms with Crippen LogP contribution in [0.25, 0.3) is 0 Å². The number of hydrogen-bond acceptors (Lipinski definition) is 5. The lowest BCUT2D eigenvalue weighted by atomic mass is 9.88. The maximum atomic E-state index is 12.9. The molecule has 1 unspecified atom stereocenters. The Morgan fingerprint density at radius 2 is 1.78 bits per heavy atom. The largest absolute Gasteiger partial charge is 0.460 e. The smallest absolute Gasteiger partial charge is 0.320 e. The zero-order valence-electron chi connectivity index (χ0n) is 20.0. The van der Waals surface area contributed by atoms with E-state index in [2.05, 4.69) is 41.6 Å². The minimum Gasteiger partial charge on any atom is -0.460 e. The molecule has 6 heteroatoms. The van der Waals surface area contributed by atoms with Crippen molar-refractivity contribution in [1.29, 1.82) is 0 Å². The van der Waals surface area contributed by atoms with E-state index in [1.54, 1.807) is 0 Å². The molecule has 0 bridgehead atoms. The summed E-state index contributed by atoms with van der Waals surface area (Å²) in [6, 6.07) is 15.2.